The average Bonchev–Trinajstić information content (AvgIpc) is 3.16. The van der Waals surface area contributed by atoms with E-state index in [0.717, 1.165) is 4.90 Å². The monoisotopic (exact) mass is 575 g/mol. The number of carbonyl (C=O) groups excluding carboxylic acids is 5. The highest BCUT2D eigenvalue weighted by Crippen LogP contribution is 2.30. The Hall–Kier alpha value is -4.96. The second kappa shape index (κ2) is 12.5. The van der Waals surface area contributed by atoms with Crippen molar-refractivity contribution in [2.24, 2.45) is 0 Å². The SMILES string of the molecule is CCOC(=O)c1ccc(NC(=O)c2ccc(NC3=C(Cl)C(=O)N(c4ccc(C(=O)OC(C)C)cc4)C3=O)cc2)cc1. The normalized spacial score (nSPS) is 13.0. The number of nitrogens with zero attached hydrogens (tertiary/aromatic N) is 1. The molecule has 2 N–H and O–H groups in total. The van der Waals surface area contributed by atoms with Gasteiger partial charge in [0.25, 0.3) is 17.7 Å². The molecule has 0 radical (unpaired) electrons. The van der Waals surface area contributed by atoms with Gasteiger partial charge in [-0.05, 0) is 93.6 Å². The summed E-state index contributed by atoms with van der Waals surface area (Å²) in [5, 5.41) is 5.29. The molecule has 41 heavy (non-hydrogen) atoms. The molecule has 0 saturated carbocycles. The zero-order valence-corrected chi connectivity index (χ0v) is 23.2. The minimum atomic E-state index is -0.721. The molecule has 3 amide bonds. The van der Waals surface area contributed by atoms with Crippen LogP contribution in [0.1, 0.15) is 51.8 Å². The van der Waals surface area contributed by atoms with Gasteiger partial charge in [0.2, 0.25) is 0 Å². The molecular weight excluding hydrogens is 550 g/mol. The van der Waals surface area contributed by atoms with Gasteiger partial charge < -0.3 is 20.1 Å². The number of halogens is 1. The van der Waals surface area contributed by atoms with Crippen LogP contribution in [-0.2, 0) is 19.1 Å². The molecule has 3 aromatic carbocycles. The molecule has 4 rings (SSSR count). The summed E-state index contributed by atoms with van der Waals surface area (Å²) in [5.74, 6) is -2.76. The fourth-order valence-corrected chi connectivity index (χ4v) is 4.04. The van der Waals surface area contributed by atoms with Crippen LogP contribution >= 0.6 is 11.6 Å². The quantitative estimate of drug-likeness (QED) is 0.266. The minimum absolute atomic E-state index is 0.126. The molecule has 10 nitrogen and oxygen atoms in total. The number of ether oxygens (including phenoxy) is 2. The van der Waals surface area contributed by atoms with Crippen LogP contribution in [0.25, 0.3) is 0 Å². The number of hydrogen-bond donors (Lipinski definition) is 2. The summed E-state index contributed by atoms with van der Waals surface area (Å²) in [6, 6.07) is 18.3. The largest absolute Gasteiger partial charge is 0.462 e. The van der Waals surface area contributed by atoms with Crippen LogP contribution in [0.15, 0.2) is 83.5 Å². The first-order valence-electron chi connectivity index (χ1n) is 12.6. The molecule has 1 aliphatic heterocycles. The van der Waals surface area contributed by atoms with Gasteiger partial charge in [-0.25, -0.2) is 14.5 Å². The second-order valence-electron chi connectivity index (χ2n) is 9.09. The van der Waals surface area contributed by atoms with Crippen molar-refractivity contribution < 1.29 is 33.4 Å². The van der Waals surface area contributed by atoms with Crippen LogP contribution in [0.3, 0.4) is 0 Å². The van der Waals surface area contributed by atoms with Gasteiger partial charge in [0, 0.05) is 16.9 Å². The van der Waals surface area contributed by atoms with Crippen LogP contribution in [0.2, 0.25) is 0 Å². The summed E-state index contributed by atoms with van der Waals surface area (Å²) in [6.45, 7) is 5.44. The lowest BCUT2D eigenvalue weighted by atomic mass is 10.1. The highest BCUT2D eigenvalue weighted by molar-refractivity contribution is 6.53. The van der Waals surface area contributed by atoms with E-state index in [0.29, 0.717) is 22.5 Å². The van der Waals surface area contributed by atoms with Crippen LogP contribution in [-0.4, -0.2) is 42.4 Å². The van der Waals surface area contributed by atoms with E-state index < -0.39 is 29.7 Å². The Kier molecular flexibility index (Phi) is 8.84. The Morgan fingerprint density at radius 2 is 1.32 bits per heavy atom. The summed E-state index contributed by atoms with van der Waals surface area (Å²) in [7, 11) is 0. The molecule has 0 fully saturated rings. The highest BCUT2D eigenvalue weighted by Gasteiger charge is 2.39. The predicted molar refractivity (Wildman–Crippen MR) is 153 cm³/mol. The van der Waals surface area contributed by atoms with Crippen molar-refractivity contribution in [3.05, 3.63) is 100 Å². The van der Waals surface area contributed by atoms with E-state index in [4.69, 9.17) is 21.1 Å². The zero-order valence-electron chi connectivity index (χ0n) is 22.4. The van der Waals surface area contributed by atoms with Gasteiger partial charge in [-0.3, -0.25) is 14.4 Å². The molecule has 0 bridgehead atoms. The second-order valence-corrected chi connectivity index (χ2v) is 9.47. The third-order valence-electron chi connectivity index (χ3n) is 5.80. The molecule has 0 spiro atoms. The molecule has 210 valence electrons. The summed E-state index contributed by atoms with van der Waals surface area (Å²) in [6.07, 6.45) is -0.291. The first kappa shape index (κ1) is 29.0. The van der Waals surface area contributed by atoms with Gasteiger partial charge in [0.1, 0.15) is 10.7 Å². The Morgan fingerprint density at radius 3 is 1.90 bits per heavy atom. The van der Waals surface area contributed by atoms with Gasteiger partial charge in [0.05, 0.1) is 29.5 Å². The van der Waals surface area contributed by atoms with Crippen molar-refractivity contribution in [1.29, 1.82) is 0 Å². The number of hydrogen-bond acceptors (Lipinski definition) is 8. The van der Waals surface area contributed by atoms with E-state index in [9.17, 15) is 24.0 Å². The number of benzene rings is 3. The van der Waals surface area contributed by atoms with Crippen molar-refractivity contribution in [1.82, 2.24) is 0 Å². The van der Waals surface area contributed by atoms with Crippen LogP contribution in [0, 0.1) is 0 Å². The fraction of sp³-hybridized carbons (Fsp3) is 0.167. The molecule has 3 aromatic rings. The van der Waals surface area contributed by atoms with Gasteiger partial charge >= 0.3 is 11.9 Å². The maximum atomic E-state index is 13.1. The Bertz CT molecular complexity index is 1530. The number of nitrogens with one attached hydrogen (secondary N) is 2. The predicted octanol–water partition coefficient (Wildman–Crippen LogP) is 5.12. The number of carbonyl (C=O) groups is 5. The van der Waals surface area contributed by atoms with E-state index in [1.807, 2.05) is 0 Å². The number of anilines is 3. The lowest BCUT2D eigenvalue weighted by Gasteiger charge is -2.16. The van der Waals surface area contributed by atoms with E-state index in [1.165, 1.54) is 36.4 Å². The van der Waals surface area contributed by atoms with Crippen molar-refractivity contribution in [3.63, 3.8) is 0 Å². The molecule has 1 heterocycles. The third kappa shape index (κ3) is 6.62. The topological polar surface area (TPSA) is 131 Å². The zero-order chi connectivity index (χ0) is 29.7. The first-order chi connectivity index (χ1) is 19.6. The van der Waals surface area contributed by atoms with Gasteiger partial charge in [-0.1, -0.05) is 11.6 Å². The van der Waals surface area contributed by atoms with E-state index in [2.05, 4.69) is 10.6 Å². The van der Waals surface area contributed by atoms with Gasteiger partial charge in [0.15, 0.2) is 0 Å². The molecular formula is C30H26ClN3O7. The highest BCUT2D eigenvalue weighted by atomic mass is 35.5. The maximum absolute atomic E-state index is 13.1. The van der Waals surface area contributed by atoms with Crippen molar-refractivity contribution in [2.45, 2.75) is 26.9 Å². The van der Waals surface area contributed by atoms with Crippen LogP contribution < -0.4 is 15.5 Å². The lowest BCUT2D eigenvalue weighted by Crippen LogP contribution is -2.32. The van der Waals surface area contributed by atoms with E-state index in [-0.39, 0.29) is 34.7 Å². The van der Waals surface area contributed by atoms with Crippen LogP contribution in [0.4, 0.5) is 17.1 Å². The van der Waals surface area contributed by atoms with Crippen molar-refractivity contribution in [2.75, 3.05) is 22.1 Å². The molecule has 0 aliphatic carbocycles. The summed E-state index contributed by atoms with van der Waals surface area (Å²) >= 11 is 6.22. The van der Waals surface area contributed by atoms with Crippen LogP contribution in [0.5, 0.6) is 0 Å². The van der Waals surface area contributed by atoms with Crippen molar-refractivity contribution >= 4 is 58.3 Å². The Labute approximate surface area is 240 Å². The standard InChI is InChI=1S/C30H26ClN3O7/c1-4-40-29(38)19-7-13-22(14-8-19)33-26(35)18-5-11-21(12-6-18)32-25-24(31)27(36)34(28(25)37)23-15-9-20(10-16-23)30(39)41-17(2)3/h5-17,32H,4H2,1-3H3,(H,33,35). The summed E-state index contributed by atoms with van der Waals surface area (Å²) < 4.78 is 10.1. The van der Waals surface area contributed by atoms with Gasteiger partial charge in [-0.15, -0.1) is 0 Å². The summed E-state index contributed by atoms with van der Waals surface area (Å²) in [4.78, 5) is 63.3. The van der Waals surface area contributed by atoms with Gasteiger partial charge in [-0.2, -0.15) is 0 Å². The molecule has 0 saturated heterocycles. The van der Waals surface area contributed by atoms with E-state index in [1.54, 1.807) is 57.2 Å². The minimum Gasteiger partial charge on any atom is -0.462 e. The number of esters is 2. The number of rotatable bonds is 9. The Morgan fingerprint density at radius 1 is 0.780 bits per heavy atom. The van der Waals surface area contributed by atoms with Crippen molar-refractivity contribution in [3.8, 4) is 0 Å². The molecule has 11 heteroatoms. The molecule has 0 atom stereocenters. The summed E-state index contributed by atoms with van der Waals surface area (Å²) in [5.41, 5.74) is 1.99. The number of amides is 3. The van der Waals surface area contributed by atoms with E-state index >= 15 is 0 Å². The third-order valence-corrected chi connectivity index (χ3v) is 6.15. The molecule has 0 unspecified atom stereocenters. The maximum Gasteiger partial charge on any atom is 0.338 e. The Balaban J connectivity index is 1.40. The molecule has 1 aliphatic rings. The average molecular weight is 576 g/mol. The molecule has 0 aromatic heterocycles. The number of imide groups is 1. The fourth-order valence-electron chi connectivity index (χ4n) is 3.83. The first-order valence-corrected chi connectivity index (χ1v) is 13.0. The smallest absolute Gasteiger partial charge is 0.338 e. The lowest BCUT2D eigenvalue weighted by molar-refractivity contribution is -0.120.